The highest BCUT2D eigenvalue weighted by Crippen LogP contribution is 2.27. The standard InChI is InChI=1S/C41H50N6O3/c1-27(2)19-36-26-46(40(48)37(42)23-29-14-16-31-9-4-6-11-33(31)21-29)35(13-8-18-44-39-20-28(3)50-45-39)25-47(36)41(49)38(43)24-30-15-17-32-10-5-7-12-34(32)22-30/h4-7,9-12,14-17,20-22,27,35-38H,8,13,18-19,23-26,42-43H2,1-3H3,(H,44,45)/t35-,36+,37?,38+/m0/s1. The first-order valence-electron chi connectivity index (χ1n) is 17.9. The lowest BCUT2D eigenvalue weighted by atomic mass is 9.93. The minimum absolute atomic E-state index is 0.0717. The summed E-state index contributed by atoms with van der Waals surface area (Å²) in [6.45, 7) is 7.65. The normalized spacial score (nSPS) is 17.7. The van der Waals surface area contributed by atoms with Gasteiger partial charge < -0.3 is 31.1 Å². The molecule has 0 bridgehead atoms. The van der Waals surface area contributed by atoms with Crippen LogP contribution in [-0.2, 0) is 22.4 Å². The summed E-state index contributed by atoms with van der Waals surface area (Å²) < 4.78 is 5.19. The minimum Gasteiger partial charge on any atom is -0.367 e. The molecule has 262 valence electrons. The Bertz CT molecular complexity index is 1920. The van der Waals surface area contributed by atoms with Gasteiger partial charge in [0.1, 0.15) is 5.76 Å². The molecular weight excluding hydrogens is 624 g/mol. The van der Waals surface area contributed by atoms with Gasteiger partial charge in [0.15, 0.2) is 5.82 Å². The van der Waals surface area contributed by atoms with Gasteiger partial charge in [-0.1, -0.05) is 104 Å². The van der Waals surface area contributed by atoms with E-state index >= 15 is 0 Å². The summed E-state index contributed by atoms with van der Waals surface area (Å²) in [7, 11) is 0. The number of nitrogens with zero attached hydrogens (tertiary/aromatic N) is 3. The monoisotopic (exact) mass is 674 g/mol. The number of aromatic nitrogens is 1. The maximum atomic E-state index is 14.3. The Morgan fingerprint density at radius 3 is 1.82 bits per heavy atom. The molecule has 6 rings (SSSR count). The number of piperazine rings is 1. The van der Waals surface area contributed by atoms with Gasteiger partial charge in [-0.2, -0.15) is 0 Å². The zero-order chi connectivity index (χ0) is 35.2. The van der Waals surface area contributed by atoms with E-state index in [0.717, 1.165) is 51.3 Å². The van der Waals surface area contributed by atoms with Gasteiger partial charge in [0, 0.05) is 37.8 Å². The smallest absolute Gasteiger partial charge is 0.240 e. The molecule has 1 unspecified atom stereocenters. The summed E-state index contributed by atoms with van der Waals surface area (Å²) in [5.41, 5.74) is 15.5. The highest BCUT2D eigenvalue weighted by molar-refractivity contribution is 5.87. The number of nitrogens with one attached hydrogen (secondary N) is 1. The molecule has 50 heavy (non-hydrogen) atoms. The topological polar surface area (TPSA) is 131 Å². The van der Waals surface area contributed by atoms with Crippen molar-refractivity contribution in [1.29, 1.82) is 0 Å². The molecule has 0 radical (unpaired) electrons. The predicted molar refractivity (Wildman–Crippen MR) is 201 cm³/mol. The maximum Gasteiger partial charge on any atom is 0.240 e. The number of carbonyl (C=O) groups excluding carboxylic acids is 2. The Morgan fingerprint density at radius 2 is 1.30 bits per heavy atom. The van der Waals surface area contributed by atoms with Crippen LogP contribution in [0.15, 0.2) is 95.5 Å². The van der Waals surface area contributed by atoms with Gasteiger partial charge >= 0.3 is 0 Å². The number of aryl methyl sites for hydroxylation is 1. The van der Waals surface area contributed by atoms with Crippen molar-refractivity contribution in [3.05, 3.63) is 108 Å². The fraction of sp³-hybridized carbons (Fsp3) is 0.390. The lowest BCUT2D eigenvalue weighted by Crippen LogP contribution is -2.65. The second-order valence-electron chi connectivity index (χ2n) is 14.3. The van der Waals surface area contributed by atoms with Crippen molar-refractivity contribution in [3.63, 3.8) is 0 Å². The van der Waals surface area contributed by atoms with Crippen LogP contribution in [0.25, 0.3) is 21.5 Å². The third-order valence-corrected chi connectivity index (χ3v) is 9.83. The molecule has 5 N–H and O–H groups in total. The third kappa shape index (κ3) is 8.52. The zero-order valence-corrected chi connectivity index (χ0v) is 29.4. The third-order valence-electron chi connectivity index (χ3n) is 9.83. The summed E-state index contributed by atoms with van der Waals surface area (Å²) in [6.07, 6.45) is 3.10. The van der Waals surface area contributed by atoms with Crippen LogP contribution < -0.4 is 16.8 Å². The van der Waals surface area contributed by atoms with E-state index in [4.69, 9.17) is 16.0 Å². The van der Waals surface area contributed by atoms with Crippen LogP contribution in [0, 0.1) is 12.8 Å². The number of benzene rings is 4. The van der Waals surface area contributed by atoms with Gasteiger partial charge in [-0.3, -0.25) is 9.59 Å². The number of amides is 2. The molecule has 5 aromatic rings. The molecule has 1 fully saturated rings. The SMILES string of the molecule is Cc1cc(NCCC[C@H]2CN(C(=O)[C@H](N)Cc3ccc4ccccc4c3)[C@H](CC(C)C)CN2C(=O)C(N)Cc2ccc3ccccc3c2)no1. The molecule has 9 nitrogen and oxygen atoms in total. The van der Waals surface area contributed by atoms with E-state index in [2.05, 4.69) is 85.0 Å². The van der Waals surface area contributed by atoms with E-state index in [1.807, 2.05) is 47.1 Å². The summed E-state index contributed by atoms with van der Waals surface area (Å²) in [4.78, 5) is 32.4. The Morgan fingerprint density at radius 1 is 0.780 bits per heavy atom. The van der Waals surface area contributed by atoms with Gasteiger partial charge in [0.2, 0.25) is 11.8 Å². The molecule has 0 spiro atoms. The number of nitrogens with two attached hydrogens (primary N) is 2. The molecule has 2 heterocycles. The van der Waals surface area contributed by atoms with Crippen LogP contribution in [0.1, 0.15) is 50.0 Å². The van der Waals surface area contributed by atoms with E-state index in [9.17, 15) is 9.59 Å². The first-order chi connectivity index (χ1) is 24.1. The van der Waals surface area contributed by atoms with Crippen molar-refractivity contribution in [2.24, 2.45) is 17.4 Å². The Kier molecular flexibility index (Phi) is 11.1. The highest BCUT2D eigenvalue weighted by Gasteiger charge is 2.41. The van der Waals surface area contributed by atoms with Crippen LogP contribution >= 0.6 is 0 Å². The number of carbonyl (C=O) groups is 2. The average Bonchev–Trinajstić information content (AvgIpc) is 3.53. The maximum absolute atomic E-state index is 14.3. The lowest BCUT2D eigenvalue weighted by Gasteiger charge is -2.48. The molecule has 0 aliphatic carbocycles. The van der Waals surface area contributed by atoms with Gasteiger partial charge in [0.05, 0.1) is 12.1 Å². The molecular formula is C41H50N6O3. The van der Waals surface area contributed by atoms with Crippen molar-refractivity contribution >= 4 is 39.2 Å². The summed E-state index contributed by atoms with van der Waals surface area (Å²) >= 11 is 0. The average molecular weight is 675 g/mol. The van der Waals surface area contributed by atoms with Crippen LogP contribution in [0.5, 0.6) is 0 Å². The molecule has 9 heteroatoms. The van der Waals surface area contributed by atoms with Crippen LogP contribution in [0.4, 0.5) is 5.82 Å². The zero-order valence-electron chi connectivity index (χ0n) is 29.4. The molecule has 2 amide bonds. The van der Waals surface area contributed by atoms with Crippen LogP contribution in [-0.4, -0.2) is 70.6 Å². The Labute approximate surface area is 295 Å². The molecule has 4 atom stereocenters. The summed E-state index contributed by atoms with van der Waals surface area (Å²) in [5, 5.41) is 11.9. The van der Waals surface area contributed by atoms with E-state index in [1.54, 1.807) is 0 Å². The van der Waals surface area contributed by atoms with Crippen LogP contribution in [0.3, 0.4) is 0 Å². The minimum atomic E-state index is -0.702. The molecule has 0 saturated carbocycles. The van der Waals surface area contributed by atoms with Crippen molar-refractivity contribution < 1.29 is 14.1 Å². The van der Waals surface area contributed by atoms with E-state index in [1.165, 1.54) is 0 Å². The predicted octanol–water partition coefficient (Wildman–Crippen LogP) is 6.08. The second-order valence-corrected chi connectivity index (χ2v) is 14.3. The molecule has 1 saturated heterocycles. The first kappa shape index (κ1) is 35.1. The quantitative estimate of drug-likeness (QED) is 0.129. The fourth-order valence-corrected chi connectivity index (χ4v) is 7.33. The summed E-state index contributed by atoms with van der Waals surface area (Å²) in [6, 6.07) is 29.0. The molecule has 1 aliphatic heterocycles. The number of hydrogen-bond donors (Lipinski definition) is 3. The highest BCUT2D eigenvalue weighted by atomic mass is 16.5. The first-order valence-corrected chi connectivity index (χ1v) is 17.9. The van der Waals surface area contributed by atoms with Crippen molar-refractivity contribution in [3.8, 4) is 0 Å². The van der Waals surface area contributed by atoms with Gasteiger partial charge in [-0.05, 0) is 77.6 Å². The molecule has 1 aliphatic rings. The fourth-order valence-electron chi connectivity index (χ4n) is 7.33. The van der Waals surface area contributed by atoms with Crippen molar-refractivity contribution in [1.82, 2.24) is 15.0 Å². The van der Waals surface area contributed by atoms with E-state index < -0.39 is 12.1 Å². The summed E-state index contributed by atoms with van der Waals surface area (Å²) in [5.74, 6) is 1.59. The van der Waals surface area contributed by atoms with E-state index in [0.29, 0.717) is 50.6 Å². The lowest BCUT2D eigenvalue weighted by molar-refractivity contribution is -0.149. The largest absolute Gasteiger partial charge is 0.367 e. The number of hydrogen-bond acceptors (Lipinski definition) is 7. The molecule has 1 aromatic heterocycles. The van der Waals surface area contributed by atoms with Gasteiger partial charge in [-0.15, -0.1) is 0 Å². The van der Waals surface area contributed by atoms with Gasteiger partial charge in [-0.25, -0.2) is 0 Å². The second kappa shape index (κ2) is 15.9. The van der Waals surface area contributed by atoms with Crippen LogP contribution in [0.2, 0.25) is 0 Å². The Balaban J connectivity index is 1.20. The van der Waals surface area contributed by atoms with Crippen molar-refractivity contribution in [2.45, 2.75) is 77.0 Å². The van der Waals surface area contributed by atoms with Crippen molar-refractivity contribution in [2.75, 3.05) is 25.0 Å². The van der Waals surface area contributed by atoms with Gasteiger partial charge in [0.25, 0.3) is 0 Å². The Hall–Kier alpha value is -4.73. The number of anilines is 1. The van der Waals surface area contributed by atoms with E-state index in [-0.39, 0.29) is 23.9 Å². The molecule has 4 aromatic carbocycles. The number of fused-ring (bicyclic) bond motifs is 2. The number of rotatable bonds is 13.